The summed E-state index contributed by atoms with van der Waals surface area (Å²) in [6.45, 7) is 1.99. The van der Waals surface area contributed by atoms with Crippen LogP contribution >= 0.6 is 0 Å². The highest BCUT2D eigenvalue weighted by Gasteiger charge is 2.11. The third-order valence-electron chi connectivity index (χ3n) is 5.71. The number of nitrogens with zero attached hydrogens (tertiary/aromatic N) is 1. The van der Waals surface area contributed by atoms with E-state index >= 15 is 0 Å². The molecular formula is C28H19N. The molecule has 0 N–H and O–H groups in total. The van der Waals surface area contributed by atoms with Crippen LogP contribution in [0.4, 0.5) is 0 Å². The molecule has 0 unspecified atom stereocenters. The molecule has 0 heterocycles. The van der Waals surface area contributed by atoms with Crippen molar-refractivity contribution in [2.45, 2.75) is 6.92 Å². The van der Waals surface area contributed by atoms with Gasteiger partial charge in [0, 0.05) is 6.08 Å². The molecule has 0 aromatic heterocycles. The summed E-state index contributed by atoms with van der Waals surface area (Å²) >= 11 is 0. The lowest BCUT2D eigenvalue weighted by atomic mass is 9.89. The maximum Gasteiger partial charge on any atom is 0.0912 e. The summed E-state index contributed by atoms with van der Waals surface area (Å²) in [6.07, 6.45) is 5.40. The minimum absolute atomic E-state index is 1.05. The maximum absolute atomic E-state index is 8.80. The second-order valence-electron chi connectivity index (χ2n) is 7.25. The van der Waals surface area contributed by atoms with Gasteiger partial charge in [-0.2, -0.15) is 5.26 Å². The van der Waals surface area contributed by atoms with Gasteiger partial charge in [0.2, 0.25) is 0 Å². The fourth-order valence-electron chi connectivity index (χ4n) is 4.32. The van der Waals surface area contributed by atoms with Gasteiger partial charge in [-0.3, -0.25) is 0 Å². The molecule has 5 aromatic carbocycles. The van der Waals surface area contributed by atoms with Gasteiger partial charge in [-0.15, -0.1) is 0 Å². The number of hydrogen-bond acceptors (Lipinski definition) is 1. The molecule has 0 amide bonds. The average molecular weight is 369 g/mol. The standard InChI is InChI=1S/C28H19N/c1-2-19(7-4-18-29)20-8-10-21(11-9-20)25-16-14-24-13-12-22-5-3-6-23-15-17-26(25)28(24)27(22)23/h2-17H,1H3/b7-4-,19-2+. The number of nitriles is 1. The van der Waals surface area contributed by atoms with Crippen molar-refractivity contribution in [3.05, 3.63) is 103 Å². The van der Waals surface area contributed by atoms with Crippen LogP contribution in [0.1, 0.15) is 12.5 Å². The molecule has 0 spiro atoms. The lowest BCUT2D eigenvalue weighted by Crippen LogP contribution is -1.88. The summed E-state index contributed by atoms with van der Waals surface area (Å²) in [4.78, 5) is 0. The molecule has 0 radical (unpaired) electrons. The highest BCUT2D eigenvalue weighted by Crippen LogP contribution is 2.39. The van der Waals surface area contributed by atoms with Crippen molar-refractivity contribution in [2.24, 2.45) is 0 Å². The van der Waals surface area contributed by atoms with E-state index in [4.69, 9.17) is 5.26 Å². The summed E-state index contributed by atoms with van der Waals surface area (Å²) in [5.41, 5.74) is 4.61. The summed E-state index contributed by atoms with van der Waals surface area (Å²) in [6, 6.07) is 30.5. The molecule has 5 rings (SSSR count). The smallest absolute Gasteiger partial charge is 0.0912 e. The first kappa shape index (κ1) is 17.2. The largest absolute Gasteiger partial charge is 0.193 e. The zero-order valence-corrected chi connectivity index (χ0v) is 16.2. The fraction of sp³-hybridized carbons (Fsp3) is 0.0357. The van der Waals surface area contributed by atoms with Gasteiger partial charge in [-0.1, -0.05) is 84.9 Å². The van der Waals surface area contributed by atoms with Crippen molar-refractivity contribution in [3.63, 3.8) is 0 Å². The third-order valence-corrected chi connectivity index (χ3v) is 5.71. The molecule has 0 saturated heterocycles. The summed E-state index contributed by atoms with van der Waals surface area (Å²) in [5, 5.41) is 16.6. The van der Waals surface area contributed by atoms with E-state index in [-0.39, 0.29) is 0 Å². The van der Waals surface area contributed by atoms with Gasteiger partial charge < -0.3 is 0 Å². The van der Waals surface area contributed by atoms with Crippen molar-refractivity contribution >= 4 is 37.9 Å². The predicted molar refractivity (Wildman–Crippen MR) is 124 cm³/mol. The van der Waals surface area contributed by atoms with Crippen LogP contribution in [0, 0.1) is 11.3 Å². The van der Waals surface area contributed by atoms with Crippen molar-refractivity contribution in [1.29, 1.82) is 5.26 Å². The molecule has 29 heavy (non-hydrogen) atoms. The molecule has 0 fully saturated rings. The van der Waals surface area contributed by atoms with Crippen LogP contribution in [0.2, 0.25) is 0 Å². The predicted octanol–water partition coefficient (Wildman–Crippen LogP) is 7.73. The van der Waals surface area contributed by atoms with Crippen LogP contribution in [0.15, 0.2) is 97.1 Å². The fourth-order valence-corrected chi connectivity index (χ4v) is 4.32. The molecule has 0 aliphatic heterocycles. The highest BCUT2D eigenvalue weighted by atomic mass is 14.2. The van der Waals surface area contributed by atoms with Gasteiger partial charge >= 0.3 is 0 Å². The number of allylic oxidation sites excluding steroid dienone is 4. The Bertz CT molecular complexity index is 1430. The Morgan fingerprint density at radius 1 is 0.759 bits per heavy atom. The minimum Gasteiger partial charge on any atom is -0.193 e. The van der Waals surface area contributed by atoms with E-state index in [9.17, 15) is 0 Å². The number of benzene rings is 5. The van der Waals surface area contributed by atoms with Crippen molar-refractivity contribution < 1.29 is 0 Å². The molecule has 0 bridgehead atoms. The molecule has 0 aliphatic carbocycles. The molecule has 1 heteroatoms. The van der Waals surface area contributed by atoms with E-state index < -0.39 is 0 Å². The molecule has 0 saturated carbocycles. The van der Waals surface area contributed by atoms with Gasteiger partial charge in [-0.25, -0.2) is 0 Å². The number of hydrogen-bond donors (Lipinski definition) is 0. The topological polar surface area (TPSA) is 23.8 Å². The van der Waals surface area contributed by atoms with Gasteiger partial charge in [0.05, 0.1) is 6.07 Å². The van der Waals surface area contributed by atoms with Crippen molar-refractivity contribution in [3.8, 4) is 17.2 Å². The SMILES string of the molecule is C/C=C(\C=C/C#N)c1ccc(-c2ccc3ccc4cccc5ccc2c3c45)cc1. The van der Waals surface area contributed by atoms with Crippen LogP contribution < -0.4 is 0 Å². The van der Waals surface area contributed by atoms with Crippen molar-refractivity contribution in [2.75, 3.05) is 0 Å². The first-order valence-corrected chi connectivity index (χ1v) is 9.80. The average Bonchev–Trinajstić information content (AvgIpc) is 2.78. The summed E-state index contributed by atoms with van der Waals surface area (Å²) in [5.74, 6) is 0. The number of rotatable bonds is 3. The normalized spacial score (nSPS) is 12.3. The zero-order valence-electron chi connectivity index (χ0n) is 16.2. The second kappa shape index (κ2) is 6.93. The van der Waals surface area contributed by atoms with Crippen LogP contribution in [0.3, 0.4) is 0 Å². The molecule has 1 nitrogen and oxygen atoms in total. The Kier molecular flexibility index (Phi) is 4.12. The minimum atomic E-state index is 1.05. The molecular weight excluding hydrogens is 350 g/mol. The van der Waals surface area contributed by atoms with Gasteiger partial charge in [0.15, 0.2) is 0 Å². The van der Waals surface area contributed by atoms with Crippen LogP contribution in [-0.2, 0) is 0 Å². The van der Waals surface area contributed by atoms with E-state index in [0.717, 1.165) is 11.1 Å². The molecule has 136 valence electrons. The van der Waals surface area contributed by atoms with Crippen LogP contribution in [0.5, 0.6) is 0 Å². The summed E-state index contributed by atoms with van der Waals surface area (Å²) in [7, 11) is 0. The third kappa shape index (κ3) is 2.78. The lowest BCUT2D eigenvalue weighted by molar-refractivity contribution is 1.53. The molecule has 0 atom stereocenters. The van der Waals surface area contributed by atoms with E-state index in [0.29, 0.717) is 0 Å². The summed E-state index contributed by atoms with van der Waals surface area (Å²) < 4.78 is 0. The Balaban J connectivity index is 1.69. The Hall–Kier alpha value is -3.89. The van der Waals surface area contributed by atoms with Crippen molar-refractivity contribution in [1.82, 2.24) is 0 Å². The second-order valence-corrected chi connectivity index (χ2v) is 7.25. The van der Waals surface area contributed by atoms with E-state index in [1.165, 1.54) is 49.5 Å². The zero-order chi connectivity index (χ0) is 19.8. The van der Waals surface area contributed by atoms with Crippen LogP contribution in [0.25, 0.3) is 49.0 Å². The van der Waals surface area contributed by atoms with E-state index in [1.807, 2.05) is 19.1 Å². The lowest BCUT2D eigenvalue weighted by Gasteiger charge is -2.14. The molecule has 5 aromatic rings. The molecule has 0 aliphatic rings. The highest BCUT2D eigenvalue weighted by molar-refractivity contribution is 6.25. The Morgan fingerprint density at radius 2 is 1.41 bits per heavy atom. The maximum atomic E-state index is 8.80. The first-order chi connectivity index (χ1) is 14.3. The van der Waals surface area contributed by atoms with Gasteiger partial charge in [-0.05, 0) is 67.6 Å². The van der Waals surface area contributed by atoms with E-state index in [2.05, 4.69) is 84.9 Å². The van der Waals surface area contributed by atoms with E-state index in [1.54, 1.807) is 0 Å². The Morgan fingerprint density at radius 3 is 2.10 bits per heavy atom. The first-order valence-electron chi connectivity index (χ1n) is 9.80. The van der Waals surface area contributed by atoms with Crippen LogP contribution in [-0.4, -0.2) is 0 Å². The monoisotopic (exact) mass is 369 g/mol. The van der Waals surface area contributed by atoms with Gasteiger partial charge in [0.25, 0.3) is 0 Å². The quantitative estimate of drug-likeness (QED) is 0.181. The Labute approximate surface area is 170 Å². The van der Waals surface area contributed by atoms with Gasteiger partial charge in [0.1, 0.15) is 0 Å².